The molecule has 1 aliphatic rings. The van der Waals surface area contributed by atoms with Crippen molar-refractivity contribution in [3.63, 3.8) is 0 Å². The highest BCUT2D eigenvalue weighted by molar-refractivity contribution is 6.30. The number of ether oxygens (including phenoxy) is 2. The van der Waals surface area contributed by atoms with E-state index in [1.54, 1.807) is 31.2 Å². The first-order chi connectivity index (χ1) is 11.0. The van der Waals surface area contributed by atoms with Crippen molar-refractivity contribution in [3.05, 3.63) is 29.3 Å². The molecule has 23 heavy (non-hydrogen) atoms. The Morgan fingerprint density at radius 1 is 1.30 bits per heavy atom. The summed E-state index contributed by atoms with van der Waals surface area (Å²) in [5, 5.41) is 0.579. The van der Waals surface area contributed by atoms with Gasteiger partial charge in [-0.15, -0.1) is 0 Å². The van der Waals surface area contributed by atoms with Gasteiger partial charge in [0.1, 0.15) is 11.7 Å². The van der Waals surface area contributed by atoms with Crippen LogP contribution in [0.3, 0.4) is 0 Å². The second-order valence-electron chi connectivity index (χ2n) is 5.12. The first-order valence-corrected chi connectivity index (χ1v) is 7.74. The highest BCUT2D eigenvalue weighted by Gasteiger charge is 2.35. The van der Waals surface area contributed by atoms with Gasteiger partial charge in [-0.05, 0) is 37.6 Å². The molecule has 1 aliphatic heterocycles. The van der Waals surface area contributed by atoms with E-state index in [9.17, 15) is 14.4 Å². The van der Waals surface area contributed by atoms with Crippen LogP contribution in [0.5, 0.6) is 5.75 Å². The molecule has 1 atom stereocenters. The summed E-state index contributed by atoms with van der Waals surface area (Å²) < 4.78 is 10.2. The van der Waals surface area contributed by atoms with Crippen LogP contribution in [0.2, 0.25) is 5.02 Å². The van der Waals surface area contributed by atoms with Gasteiger partial charge in [-0.1, -0.05) is 11.6 Å². The monoisotopic (exact) mass is 339 g/mol. The fourth-order valence-corrected chi connectivity index (χ4v) is 2.42. The molecule has 6 nitrogen and oxygen atoms in total. The first kappa shape index (κ1) is 17.3. The predicted octanol–water partition coefficient (Wildman–Crippen LogP) is 1.70. The van der Waals surface area contributed by atoms with Crippen LogP contribution in [-0.2, 0) is 19.1 Å². The van der Waals surface area contributed by atoms with Crippen molar-refractivity contribution in [3.8, 4) is 5.75 Å². The summed E-state index contributed by atoms with van der Waals surface area (Å²) in [7, 11) is 0. The van der Waals surface area contributed by atoms with E-state index in [0.29, 0.717) is 17.3 Å². The lowest BCUT2D eigenvalue weighted by Gasteiger charge is -2.29. The number of ketones is 1. The SMILES string of the molecule is CCOC(=O)C1CCN(C(=O)COc2ccc(Cl)cc2)CC1=O. The Hall–Kier alpha value is -2.08. The Kier molecular flexibility index (Phi) is 5.98. The van der Waals surface area contributed by atoms with Gasteiger partial charge in [-0.3, -0.25) is 14.4 Å². The minimum absolute atomic E-state index is 0.0910. The molecular formula is C16H18ClNO5. The Morgan fingerprint density at radius 3 is 2.61 bits per heavy atom. The van der Waals surface area contributed by atoms with Gasteiger partial charge in [0.2, 0.25) is 0 Å². The summed E-state index contributed by atoms with van der Waals surface area (Å²) in [6, 6.07) is 6.65. The molecular weight excluding hydrogens is 322 g/mol. The number of nitrogens with zero attached hydrogens (tertiary/aromatic N) is 1. The minimum atomic E-state index is -0.767. The van der Waals surface area contributed by atoms with Crippen LogP contribution in [0.1, 0.15) is 13.3 Å². The van der Waals surface area contributed by atoms with Crippen molar-refractivity contribution in [1.29, 1.82) is 0 Å². The number of esters is 1. The minimum Gasteiger partial charge on any atom is -0.484 e. The molecule has 1 saturated heterocycles. The zero-order valence-corrected chi connectivity index (χ0v) is 13.5. The number of piperidine rings is 1. The number of amides is 1. The van der Waals surface area contributed by atoms with Gasteiger partial charge < -0.3 is 14.4 Å². The highest BCUT2D eigenvalue weighted by atomic mass is 35.5. The number of likely N-dealkylation sites (tertiary alicyclic amines) is 1. The van der Waals surface area contributed by atoms with Gasteiger partial charge in [-0.2, -0.15) is 0 Å². The average molecular weight is 340 g/mol. The van der Waals surface area contributed by atoms with Gasteiger partial charge in [0, 0.05) is 11.6 Å². The van der Waals surface area contributed by atoms with E-state index in [-0.39, 0.29) is 37.9 Å². The van der Waals surface area contributed by atoms with Gasteiger partial charge >= 0.3 is 5.97 Å². The van der Waals surface area contributed by atoms with Crippen LogP contribution in [0.25, 0.3) is 0 Å². The van der Waals surface area contributed by atoms with Crippen LogP contribution in [0, 0.1) is 5.92 Å². The molecule has 0 aromatic heterocycles. The zero-order valence-electron chi connectivity index (χ0n) is 12.8. The third kappa shape index (κ3) is 4.69. The Labute approximate surface area is 139 Å². The number of Topliss-reactive ketones (excluding diaryl/α,β-unsaturated/α-hetero) is 1. The number of benzene rings is 1. The number of carbonyl (C=O) groups excluding carboxylic acids is 3. The summed E-state index contributed by atoms with van der Waals surface area (Å²) >= 11 is 5.77. The van der Waals surface area contributed by atoms with Crippen molar-refractivity contribution >= 4 is 29.3 Å². The quantitative estimate of drug-likeness (QED) is 0.603. The van der Waals surface area contributed by atoms with Crippen molar-refractivity contribution in [2.75, 3.05) is 26.3 Å². The summed E-state index contributed by atoms with van der Waals surface area (Å²) in [6.45, 7) is 2.00. The molecule has 2 rings (SSSR count). The molecule has 0 bridgehead atoms. The number of rotatable bonds is 5. The second kappa shape index (κ2) is 7.97. The van der Waals surface area contributed by atoms with Crippen LogP contribution in [0.4, 0.5) is 0 Å². The van der Waals surface area contributed by atoms with Crippen molar-refractivity contribution < 1.29 is 23.9 Å². The highest BCUT2D eigenvalue weighted by Crippen LogP contribution is 2.18. The maximum absolute atomic E-state index is 12.1. The lowest BCUT2D eigenvalue weighted by Crippen LogP contribution is -2.48. The van der Waals surface area contributed by atoms with Crippen molar-refractivity contribution in [1.82, 2.24) is 4.90 Å². The molecule has 0 spiro atoms. The van der Waals surface area contributed by atoms with Gasteiger partial charge in [-0.25, -0.2) is 0 Å². The molecule has 1 amide bonds. The molecule has 7 heteroatoms. The van der Waals surface area contributed by atoms with E-state index in [0.717, 1.165) is 0 Å². The standard InChI is InChI=1S/C16H18ClNO5/c1-2-22-16(21)13-7-8-18(9-14(13)19)15(20)10-23-12-5-3-11(17)4-6-12/h3-6,13H,2,7-10H2,1H3. The Morgan fingerprint density at radius 2 is 2.00 bits per heavy atom. The third-order valence-corrected chi connectivity index (χ3v) is 3.77. The summed E-state index contributed by atoms with van der Waals surface area (Å²) in [4.78, 5) is 37.1. The second-order valence-corrected chi connectivity index (χ2v) is 5.55. The third-order valence-electron chi connectivity index (χ3n) is 3.52. The molecule has 1 fully saturated rings. The molecule has 124 valence electrons. The zero-order chi connectivity index (χ0) is 16.8. The van der Waals surface area contributed by atoms with Gasteiger partial charge in [0.25, 0.3) is 5.91 Å². The predicted molar refractivity (Wildman–Crippen MR) is 83.3 cm³/mol. The van der Waals surface area contributed by atoms with Crippen molar-refractivity contribution in [2.45, 2.75) is 13.3 Å². The van der Waals surface area contributed by atoms with Crippen LogP contribution < -0.4 is 4.74 Å². The van der Waals surface area contributed by atoms with E-state index < -0.39 is 11.9 Å². The lowest BCUT2D eigenvalue weighted by molar-refractivity contribution is -0.156. The Balaban J connectivity index is 1.84. The van der Waals surface area contributed by atoms with E-state index >= 15 is 0 Å². The average Bonchev–Trinajstić information content (AvgIpc) is 2.54. The van der Waals surface area contributed by atoms with E-state index in [1.807, 2.05) is 0 Å². The Bertz CT molecular complexity index is 587. The largest absolute Gasteiger partial charge is 0.484 e. The summed E-state index contributed by atoms with van der Waals surface area (Å²) in [6.07, 6.45) is 0.282. The molecule has 1 aromatic carbocycles. The molecule has 1 aromatic rings. The van der Waals surface area contributed by atoms with Crippen LogP contribution in [0.15, 0.2) is 24.3 Å². The molecule has 0 radical (unpaired) electrons. The number of hydrogen-bond acceptors (Lipinski definition) is 5. The van der Waals surface area contributed by atoms with E-state index in [2.05, 4.69) is 0 Å². The topological polar surface area (TPSA) is 72.9 Å². The lowest BCUT2D eigenvalue weighted by atomic mass is 9.95. The normalized spacial score (nSPS) is 17.7. The smallest absolute Gasteiger partial charge is 0.316 e. The van der Waals surface area contributed by atoms with Crippen molar-refractivity contribution in [2.24, 2.45) is 5.92 Å². The van der Waals surface area contributed by atoms with Gasteiger partial charge in [0.05, 0.1) is 13.2 Å². The molecule has 0 saturated carbocycles. The van der Waals surface area contributed by atoms with E-state index in [1.165, 1.54) is 4.90 Å². The van der Waals surface area contributed by atoms with Crippen LogP contribution in [-0.4, -0.2) is 48.9 Å². The summed E-state index contributed by atoms with van der Waals surface area (Å²) in [5.74, 6) is -1.35. The number of hydrogen-bond donors (Lipinski definition) is 0. The van der Waals surface area contributed by atoms with E-state index in [4.69, 9.17) is 21.1 Å². The maximum atomic E-state index is 12.1. The molecule has 1 unspecified atom stereocenters. The summed E-state index contributed by atoms with van der Waals surface area (Å²) in [5.41, 5.74) is 0. The fourth-order valence-electron chi connectivity index (χ4n) is 2.30. The molecule has 1 heterocycles. The number of halogens is 1. The van der Waals surface area contributed by atoms with Gasteiger partial charge in [0.15, 0.2) is 12.4 Å². The maximum Gasteiger partial charge on any atom is 0.316 e. The molecule has 0 N–H and O–H groups in total. The van der Waals surface area contributed by atoms with Crippen LogP contribution >= 0.6 is 11.6 Å². The first-order valence-electron chi connectivity index (χ1n) is 7.36. The molecule has 0 aliphatic carbocycles. The fraction of sp³-hybridized carbons (Fsp3) is 0.438. The number of carbonyl (C=O) groups is 3.